The molecule has 1 atom stereocenters. The van der Waals surface area contributed by atoms with Gasteiger partial charge in [-0.1, -0.05) is 13.3 Å². The highest BCUT2D eigenvalue weighted by Crippen LogP contribution is 2.13. The average molecular weight is 238 g/mol. The summed E-state index contributed by atoms with van der Waals surface area (Å²) in [6.07, 6.45) is 3.44. The molecule has 1 aliphatic heterocycles. The second-order valence-corrected chi connectivity index (χ2v) is 5.01. The molecule has 2 rings (SSSR count). The molecule has 1 unspecified atom stereocenters. The zero-order chi connectivity index (χ0) is 12.1. The molecule has 0 saturated carbocycles. The van der Waals surface area contributed by atoms with Gasteiger partial charge in [0.15, 0.2) is 5.82 Å². The molecule has 1 fully saturated rings. The number of aromatic nitrogens is 4. The van der Waals surface area contributed by atoms with Gasteiger partial charge in [0.2, 0.25) is 0 Å². The minimum Gasteiger partial charge on any atom is -0.315 e. The third kappa shape index (κ3) is 3.23. The normalized spacial score (nSPS) is 24.4. The van der Waals surface area contributed by atoms with Crippen molar-refractivity contribution in [2.24, 2.45) is 0 Å². The van der Waals surface area contributed by atoms with E-state index in [2.05, 4.69) is 40.0 Å². The second-order valence-electron chi connectivity index (χ2n) is 5.01. The van der Waals surface area contributed by atoms with Crippen molar-refractivity contribution >= 4 is 0 Å². The molecule has 0 aromatic carbocycles. The Kier molecular flexibility index (Phi) is 4.06. The number of nitrogens with one attached hydrogen (secondary N) is 2. The Morgan fingerprint density at radius 1 is 1.53 bits per heavy atom. The third-order valence-electron chi connectivity index (χ3n) is 3.37. The highest BCUT2D eigenvalue weighted by molar-refractivity contribution is 4.93. The average Bonchev–Trinajstić information content (AvgIpc) is 2.93. The van der Waals surface area contributed by atoms with Crippen LogP contribution in [-0.4, -0.2) is 38.8 Å². The van der Waals surface area contributed by atoms with Crippen LogP contribution in [0.2, 0.25) is 0 Å². The molecule has 96 valence electrons. The van der Waals surface area contributed by atoms with Crippen LogP contribution < -0.4 is 10.6 Å². The van der Waals surface area contributed by atoms with Gasteiger partial charge in [-0.25, -0.2) is 4.68 Å². The van der Waals surface area contributed by atoms with Gasteiger partial charge in [0.25, 0.3) is 0 Å². The lowest BCUT2D eigenvalue weighted by molar-refractivity contribution is 0.373. The lowest BCUT2D eigenvalue weighted by atomic mass is 10.0. The van der Waals surface area contributed by atoms with Gasteiger partial charge in [0.05, 0.1) is 6.54 Å². The van der Waals surface area contributed by atoms with Crippen molar-refractivity contribution < 1.29 is 0 Å². The molecule has 0 bridgehead atoms. The van der Waals surface area contributed by atoms with Crippen molar-refractivity contribution in [2.75, 3.05) is 13.1 Å². The Morgan fingerprint density at radius 3 is 3.12 bits per heavy atom. The van der Waals surface area contributed by atoms with Crippen molar-refractivity contribution in [3.63, 3.8) is 0 Å². The summed E-state index contributed by atoms with van der Waals surface area (Å²) in [4.78, 5) is 0. The van der Waals surface area contributed by atoms with Crippen LogP contribution in [0, 0.1) is 0 Å². The van der Waals surface area contributed by atoms with Crippen molar-refractivity contribution in [1.82, 2.24) is 30.8 Å². The van der Waals surface area contributed by atoms with E-state index in [9.17, 15) is 0 Å². The number of rotatable bonds is 6. The van der Waals surface area contributed by atoms with Crippen LogP contribution in [0.15, 0.2) is 0 Å². The van der Waals surface area contributed by atoms with Gasteiger partial charge in [0.1, 0.15) is 0 Å². The molecule has 6 heteroatoms. The first-order valence-electron chi connectivity index (χ1n) is 6.44. The highest BCUT2D eigenvalue weighted by atomic mass is 15.5. The lowest BCUT2D eigenvalue weighted by Gasteiger charge is -2.24. The molecule has 1 aromatic heterocycles. The first-order valence-corrected chi connectivity index (χ1v) is 6.44. The van der Waals surface area contributed by atoms with Gasteiger partial charge in [-0.15, -0.1) is 5.10 Å². The first-order chi connectivity index (χ1) is 8.23. The number of nitrogens with zero attached hydrogens (tertiary/aromatic N) is 4. The largest absolute Gasteiger partial charge is 0.315 e. The minimum absolute atomic E-state index is 0.182. The van der Waals surface area contributed by atoms with E-state index in [0.29, 0.717) is 0 Å². The fraction of sp³-hybridized carbons (Fsp3) is 0.909. The minimum atomic E-state index is 0.182. The molecule has 2 N–H and O–H groups in total. The summed E-state index contributed by atoms with van der Waals surface area (Å²) < 4.78 is 1.90. The number of unbranched alkanes of at least 4 members (excludes halogenated alkanes) is 1. The first kappa shape index (κ1) is 12.4. The van der Waals surface area contributed by atoms with Gasteiger partial charge < -0.3 is 10.6 Å². The van der Waals surface area contributed by atoms with Crippen molar-refractivity contribution in [2.45, 2.75) is 51.7 Å². The predicted molar refractivity (Wildman–Crippen MR) is 65.5 cm³/mol. The molecule has 1 aromatic rings. The van der Waals surface area contributed by atoms with E-state index < -0.39 is 0 Å². The summed E-state index contributed by atoms with van der Waals surface area (Å²) in [5.74, 6) is 0.937. The van der Waals surface area contributed by atoms with Crippen LogP contribution in [0.5, 0.6) is 0 Å². The topological polar surface area (TPSA) is 67.7 Å². The van der Waals surface area contributed by atoms with E-state index in [4.69, 9.17) is 0 Å². The maximum atomic E-state index is 4.08. The second kappa shape index (κ2) is 5.55. The van der Waals surface area contributed by atoms with E-state index in [1.165, 1.54) is 0 Å². The van der Waals surface area contributed by atoms with Crippen LogP contribution in [0.3, 0.4) is 0 Å². The van der Waals surface area contributed by atoms with E-state index >= 15 is 0 Å². The molecular formula is C11H22N6. The lowest BCUT2D eigenvalue weighted by Crippen LogP contribution is -2.44. The number of tetrazole rings is 1. The summed E-state index contributed by atoms with van der Waals surface area (Å²) in [6.45, 7) is 8.18. The van der Waals surface area contributed by atoms with E-state index in [1.807, 2.05) is 4.68 Å². The summed E-state index contributed by atoms with van der Waals surface area (Å²) in [6, 6.07) is 0. The summed E-state index contributed by atoms with van der Waals surface area (Å²) >= 11 is 0. The molecule has 2 heterocycles. The van der Waals surface area contributed by atoms with E-state index in [-0.39, 0.29) is 5.54 Å². The Balaban J connectivity index is 1.87. The monoisotopic (exact) mass is 238 g/mol. The Morgan fingerprint density at radius 2 is 2.41 bits per heavy atom. The van der Waals surface area contributed by atoms with Crippen molar-refractivity contribution in [3.8, 4) is 0 Å². The van der Waals surface area contributed by atoms with Gasteiger partial charge in [-0.3, -0.25) is 0 Å². The maximum Gasteiger partial charge on any atom is 0.165 e. The molecule has 0 spiro atoms. The smallest absolute Gasteiger partial charge is 0.165 e. The fourth-order valence-corrected chi connectivity index (χ4v) is 2.09. The molecule has 0 amide bonds. The molecular weight excluding hydrogens is 216 g/mol. The molecule has 0 radical (unpaired) electrons. The zero-order valence-corrected chi connectivity index (χ0v) is 10.7. The van der Waals surface area contributed by atoms with Gasteiger partial charge in [-0.2, -0.15) is 0 Å². The van der Waals surface area contributed by atoms with E-state index in [0.717, 1.165) is 51.3 Å². The fourth-order valence-electron chi connectivity index (χ4n) is 2.09. The van der Waals surface area contributed by atoms with Crippen molar-refractivity contribution in [1.29, 1.82) is 0 Å². The molecule has 0 aliphatic carbocycles. The Hall–Kier alpha value is -1.01. The molecule has 17 heavy (non-hydrogen) atoms. The molecule has 6 nitrogen and oxygen atoms in total. The number of aryl methyl sites for hydroxylation is 1. The van der Waals surface area contributed by atoms with Crippen LogP contribution in [-0.2, 0) is 13.1 Å². The standard InChI is InChI=1S/C11H22N6/c1-3-4-7-17-10(14-15-16-17)8-13-11(2)5-6-12-9-11/h12-13H,3-9H2,1-2H3. The highest BCUT2D eigenvalue weighted by Gasteiger charge is 2.28. The van der Waals surface area contributed by atoms with Gasteiger partial charge >= 0.3 is 0 Å². The Labute approximate surface area is 102 Å². The number of hydrogen-bond acceptors (Lipinski definition) is 5. The van der Waals surface area contributed by atoms with Crippen LogP contribution in [0.1, 0.15) is 38.9 Å². The maximum absolute atomic E-state index is 4.08. The summed E-state index contributed by atoms with van der Waals surface area (Å²) in [7, 11) is 0. The predicted octanol–water partition coefficient (Wildman–Crippen LogP) is 0.315. The number of hydrogen-bond donors (Lipinski definition) is 2. The van der Waals surface area contributed by atoms with Gasteiger partial charge in [0, 0.05) is 18.6 Å². The van der Waals surface area contributed by atoms with Crippen LogP contribution >= 0.6 is 0 Å². The summed E-state index contributed by atoms with van der Waals surface area (Å²) in [5.41, 5.74) is 0.182. The zero-order valence-electron chi connectivity index (χ0n) is 10.7. The van der Waals surface area contributed by atoms with E-state index in [1.54, 1.807) is 0 Å². The SMILES string of the molecule is CCCCn1nnnc1CNC1(C)CCNC1. The Bertz CT molecular complexity index is 341. The third-order valence-corrected chi connectivity index (χ3v) is 3.37. The molecule has 1 saturated heterocycles. The summed E-state index contributed by atoms with van der Waals surface area (Å²) in [5, 5.41) is 18.8. The quantitative estimate of drug-likeness (QED) is 0.747. The molecule has 1 aliphatic rings. The van der Waals surface area contributed by atoms with Crippen molar-refractivity contribution in [3.05, 3.63) is 5.82 Å². The van der Waals surface area contributed by atoms with Crippen LogP contribution in [0.25, 0.3) is 0 Å². The van der Waals surface area contributed by atoms with Crippen LogP contribution in [0.4, 0.5) is 0 Å². The van der Waals surface area contributed by atoms with Gasteiger partial charge in [-0.05, 0) is 36.7 Å².